The van der Waals surface area contributed by atoms with Gasteiger partial charge in [-0.25, -0.2) is 16.8 Å². The average Bonchev–Trinajstić information content (AvgIpc) is 2.00. The van der Waals surface area contributed by atoms with Crippen molar-refractivity contribution in [3.63, 3.8) is 0 Å². The quantitative estimate of drug-likeness (QED) is 0.671. The van der Waals surface area contributed by atoms with Crippen molar-refractivity contribution in [1.82, 2.24) is 0 Å². The number of hydrogen-bond acceptors (Lipinski definition) is 5. The summed E-state index contributed by atoms with van der Waals surface area (Å²) in [6.45, 7) is 1.56. The number of aliphatic hydroxyl groups is 1. The largest absolute Gasteiger partial charge is 0.392 e. The molecule has 0 rings (SSSR count). The van der Waals surface area contributed by atoms with Crippen molar-refractivity contribution in [3.8, 4) is 0 Å². The zero-order valence-corrected chi connectivity index (χ0v) is 10.6. The van der Waals surface area contributed by atoms with E-state index in [1.54, 1.807) is 6.92 Å². The van der Waals surface area contributed by atoms with Gasteiger partial charge >= 0.3 is 0 Å². The molecule has 1 atom stereocenters. The SMILES string of the molecule is CCS(=O)(=O)CCCC(O)CS(C)(=O)=O. The summed E-state index contributed by atoms with van der Waals surface area (Å²) in [7, 11) is -6.21. The fourth-order valence-corrected chi connectivity index (χ4v) is 2.88. The maximum Gasteiger partial charge on any atom is 0.150 e. The van der Waals surface area contributed by atoms with Gasteiger partial charge in [-0.15, -0.1) is 0 Å². The zero-order chi connectivity index (χ0) is 12.1. The Morgan fingerprint density at radius 1 is 1.20 bits per heavy atom. The van der Waals surface area contributed by atoms with Crippen molar-refractivity contribution in [3.05, 3.63) is 0 Å². The van der Waals surface area contributed by atoms with Gasteiger partial charge in [0.2, 0.25) is 0 Å². The van der Waals surface area contributed by atoms with Crippen molar-refractivity contribution in [2.45, 2.75) is 25.9 Å². The molecule has 0 fully saturated rings. The van der Waals surface area contributed by atoms with Crippen molar-refractivity contribution in [2.24, 2.45) is 0 Å². The van der Waals surface area contributed by atoms with Crippen LogP contribution in [0.15, 0.2) is 0 Å². The van der Waals surface area contributed by atoms with Gasteiger partial charge in [0.05, 0.1) is 17.6 Å². The van der Waals surface area contributed by atoms with Gasteiger partial charge in [-0.1, -0.05) is 6.92 Å². The first kappa shape index (κ1) is 14.9. The van der Waals surface area contributed by atoms with Gasteiger partial charge < -0.3 is 5.11 Å². The van der Waals surface area contributed by atoms with Crippen molar-refractivity contribution in [1.29, 1.82) is 0 Å². The lowest BCUT2D eigenvalue weighted by Crippen LogP contribution is -2.21. The minimum atomic E-state index is -3.19. The molecule has 0 spiro atoms. The Balaban J connectivity index is 3.89. The topological polar surface area (TPSA) is 88.5 Å². The Morgan fingerprint density at radius 2 is 1.73 bits per heavy atom. The number of sulfone groups is 2. The molecule has 5 nitrogen and oxygen atoms in total. The standard InChI is InChI=1S/C8H18O5S2/c1-3-15(12,13)6-4-5-8(9)7-14(2,10)11/h8-9H,3-7H2,1-2H3. The molecule has 92 valence electrons. The summed E-state index contributed by atoms with van der Waals surface area (Å²) in [6.07, 6.45) is 0.574. The third kappa shape index (κ3) is 8.83. The van der Waals surface area contributed by atoms with Crippen LogP contribution in [0.4, 0.5) is 0 Å². The molecular formula is C8H18O5S2. The van der Waals surface area contributed by atoms with Gasteiger partial charge in [-0.3, -0.25) is 0 Å². The maximum absolute atomic E-state index is 11.1. The molecule has 1 N–H and O–H groups in total. The molecule has 0 saturated carbocycles. The molecule has 15 heavy (non-hydrogen) atoms. The van der Waals surface area contributed by atoms with Crippen LogP contribution in [0.1, 0.15) is 19.8 Å². The van der Waals surface area contributed by atoms with Gasteiger partial charge in [0, 0.05) is 12.0 Å². The van der Waals surface area contributed by atoms with Crippen molar-refractivity contribution < 1.29 is 21.9 Å². The zero-order valence-electron chi connectivity index (χ0n) is 9.01. The first-order valence-electron chi connectivity index (χ1n) is 4.72. The van der Waals surface area contributed by atoms with Crippen LogP contribution >= 0.6 is 0 Å². The maximum atomic E-state index is 11.1. The van der Waals surface area contributed by atoms with Crippen LogP contribution in [-0.2, 0) is 19.7 Å². The molecular weight excluding hydrogens is 240 g/mol. The Hall–Kier alpha value is -0.140. The lowest BCUT2D eigenvalue weighted by molar-refractivity contribution is 0.186. The summed E-state index contributed by atoms with van der Waals surface area (Å²) < 4.78 is 43.7. The number of aliphatic hydroxyl groups excluding tert-OH is 1. The van der Waals surface area contributed by atoms with Gasteiger partial charge in [0.15, 0.2) is 0 Å². The highest BCUT2D eigenvalue weighted by atomic mass is 32.2. The molecule has 0 heterocycles. The van der Waals surface area contributed by atoms with E-state index in [0.717, 1.165) is 6.26 Å². The lowest BCUT2D eigenvalue weighted by atomic mass is 10.2. The van der Waals surface area contributed by atoms with Gasteiger partial charge in [-0.05, 0) is 12.8 Å². The minimum Gasteiger partial charge on any atom is -0.392 e. The summed E-state index contributed by atoms with van der Waals surface area (Å²) in [4.78, 5) is 0. The monoisotopic (exact) mass is 258 g/mol. The van der Waals surface area contributed by atoms with E-state index >= 15 is 0 Å². The fraction of sp³-hybridized carbons (Fsp3) is 1.00. The normalized spacial score (nSPS) is 15.1. The summed E-state index contributed by atoms with van der Waals surface area (Å²) >= 11 is 0. The first-order chi connectivity index (χ1) is 6.66. The Morgan fingerprint density at radius 3 is 2.13 bits per heavy atom. The Bertz CT molecular complexity index is 368. The van der Waals surface area contributed by atoms with Gasteiger partial charge in [0.25, 0.3) is 0 Å². The van der Waals surface area contributed by atoms with Gasteiger partial charge in [-0.2, -0.15) is 0 Å². The van der Waals surface area contributed by atoms with Crippen LogP contribution in [0.3, 0.4) is 0 Å². The molecule has 0 aliphatic heterocycles. The molecule has 0 saturated heterocycles. The molecule has 0 bridgehead atoms. The molecule has 0 aromatic carbocycles. The number of rotatable bonds is 7. The molecule has 0 aliphatic rings. The van der Waals surface area contributed by atoms with E-state index in [0.29, 0.717) is 6.42 Å². The molecule has 0 aromatic heterocycles. The van der Waals surface area contributed by atoms with E-state index < -0.39 is 25.8 Å². The van der Waals surface area contributed by atoms with Crippen molar-refractivity contribution in [2.75, 3.05) is 23.5 Å². The van der Waals surface area contributed by atoms with Crippen LogP contribution in [0.5, 0.6) is 0 Å². The third-order valence-corrected chi connectivity index (χ3v) is 4.71. The molecule has 1 unspecified atom stereocenters. The molecule has 0 aliphatic carbocycles. The first-order valence-corrected chi connectivity index (χ1v) is 8.60. The Labute approximate surface area is 91.3 Å². The predicted molar refractivity (Wildman–Crippen MR) is 59.3 cm³/mol. The van der Waals surface area contributed by atoms with Crippen molar-refractivity contribution >= 4 is 19.7 Å². The predicted octanol–water partition coefficient (Wildman–Crippen LogP) is -0.393. The van der Waals surface area contributed by atoms with Crippen LogP contribution in [0.2, 0.25) is 0 Å². The highest BCUT2D eigenvalue weighted by Gasteiger charge is 2.14. The molecule has 0 amide bonds. The smallest absolute Gasteiger partial charge is 0.150 e. The molecule has 7 heteroatoms. The summed E-state index contributed by atoms with van der Waals surface area (Å²) in [6, 6.07) is 0. The second-order valence-corrected chi connectivity index (χ2v) is 8.28. The van der Waals surface area contributed by atoms with E-state index in [4.69, 9.17) is 0 Å². The Kier molecular flexibility index (Phi) is 5.76. The van der Waals surface area contributed by atoms with Crippen LogP contribution in [-0.4, -0.2) is 51.6 Å². The summed E-state index contributed by atoms with van der Waals surface area (Å²) in [5.74, 6) is -0.224. The van der Waals surface area contributed by atoms with E-state index in [1.807, 2.05) is 0 Å². The van der Waals surface area contributed by atoms with E-state index in [9.17, 15) is 21.9 Å². The second kappa shape index (κ2) is 5.81. The highest BCUT2D eigenvalue weighted by molar-refractivity contribution is 7.91. The lowest BCUT2D eigenvalue weighted by Gasteiger charge is -2.08. The van der Waals surface area contributed by atoms with Crippen LogP contribution < -0.4 is 0 Å². The average molecular weight is 258 g/mol. The summed E-state index contributed by atoms with van der Waals surface area (Å²) in [5.41, 5.74) is 0. The van der Waals surface area contributed by atoms with Crippen LogP contribution in [0.25, 0.3) is 0 Å². The molecule has 0 radical (unpaired) electrons. The highest BCUT2D eigenvalue weighted by Crippen LogP contribution is 2.03. The minimum absolute atomic E-state index is 0.00429. The van der Waals surface area contributed by atoms with Crippen LogP contribution in [0, 0.1) is 0 Å². The number of hydrogen-bond donors (Lipinski definition) is 1. The van der Waals surface area contributed by atoms with E-state index in [2.05, 4.69) is 0 Å². The second-order valence-electron chi connectivity index (χ2n) is 3.62. The van der Waals surface area contributed by atoms with Gasteiger partial charge in [0.1, 0.15) is 19.7 Å². The third-order valence-electron chi connectivity index (χ3n) is 1.93. The van der Waals surface area contributed by atoms with E-state index in [-0.39, 0.29) is 23.7 Å². The van der Waals surface area contributed by atoms with E-state index in [1.165, 1.54) is 0 Å². The fourth-order valence-electron chi connectivity index (χ4n) is 1.12. The summed E-state index contributed by atoms with van der Waals surface area (Å²) in [5, 5.41) is 9.28. The molecule has 0 aromatic rings.